The minimum atomic E-state index is -2.63. The van der Waals surface area contributed by atoms with Gasteiger partial charge in [-0.15, -0.1) is 0 Å². The molecule has 0 aliphatic heterocycles. The number of carboxylic acid groups (broad SMARTS) is 1. The van der Waals surface area contributed by atoms with Gasteiger partial charge in [0.2, 0.25) is 0 Å². The Morgan fingerprint density at radius 3 is 2.65 bits per heavy atom. The van der Waals surface area contributed by atoms with E-state index in [9.17, 15) is 13.6 Å². The van der Waals surface area contributed by atoms with Gasteiger partial charge in [0.05, 0.1) is 5.92 Å². The first-order valence-electron chi connectivity index (χ1n) is 6.55. The molecular formula is C13H21F2N3O2. The zero-order valence-corrected chi connectivity index (χ0v) is 11.9. The Morgan fingerprint density at radius 2 is 2.15 bits per heavy atom. The number of nitrogens with zero attached hydrogens (tertiary/aromatic N) is 2. The number of rotatable bonds is 8. The van der Waals surface area contributed by atoms with Crippen LogP contribution in [0.25, 0.3) is 0 Å². The molecule has 0 saturated heterocycles. The third-order valence-electron chi connectivity index (χ3n) is 2.96. The van der Waals surface area contributed by atoms with Crippen molar-refractivity contribution in [3.05, 3.63) is 17.5 Å². The molecule has 0 saturated carbocycles. The predicted molar refractivity (Wildman–Crippen MR) is 70.5 cm³/mol. The lowest BCUT2D eigenvalue weighted by Crippen LogP contribution is -2.29. The highest BCUT2D eigenvalue weighted by molar-refractivity contribution is 5.70. The molecule has 0 aliphatic rings. The topological polar surface area (TPSA) is 67.2 Å². The van der Waals surface area contributed by atoms with Gasteiger partial charge in [-0.25, -0.2) is 8.78 Å². The lowest BCUT2D eigenvalue weighted by atomic mass is 9.97. The van der Waals surface area contributed by atoms with Crippen LogP contribution in [-0.4, -0.2) is 27.4 Å². The Hall–Kier alpha value is -1.50. The highest BCUT2D eigenvalue weighted by atomic mass is 19.3. The van der Waals surface area contributed by atoms with E-state index in [2.05, 4.69) is 10.4 Å². The van der Waals surface area contributed by atoms with Crippen LogP contribution < -0.4 is 5.32 Å². The highest BCUT2D eigenvalue weighted by Crippen LogP contribution is 2.20. The van der Waals surface area contributed by atoms with Crippen molar-refractivity contribution < 1.29 is 18.7 Å². The molecule has 7 heteroatoms. The molecule has 5 nitrogen and oxygen atoms in total. The average molecular weight is 289 g/mol. The number of carbonyl (C=O) groups is 1. The van der Waals surface area contributed by atoms with Crippen LogP contribution in [0.4, 0.5) is 8.78 Å². The fourth-order valence-corrected chi connectivity index (χ4v) is 2.10. The molecule has 0 spiro atoms. The zero-order valence-electron chi connectivity index (χ0n) is 11.9. The van der Waals surface area contributed by atoms with Gasteiger partial charge in [0.25, 0.3) is 6.43 Å². The van der Waals surface area contributed by atoms with Crippen molar-refractivity contribution in [2.24, 2.45) is 18.9 Å². The summed E-state index contributed by atoms with van der Waals surface area (Å²) in [6.07, 6.45) is -0.553. The van der Waals surface area contributed by atoms with Crippen LogP contribution >= 0.6 is 0 Å². The van der Waals surface area contributed by atoms with E-state index in [0.717, 1.165) is 0 Å². The normalized spacial score (nSPS) is 13.2. The highest BCUT2D eigenvalue weighted by Gasteiger charge is 2.20. The van der Waals surface area contributed by atoms with Gasteiger partial charge < -0.3 is 10.4 Å². The second kappa shape index (κ2) is 7.33. The van der Waals surface area contributed by atoms with E-state index >= 15 is 0 Å². The van der Waals surface area contributed by atoms with Gasteiger partial charge in [-0.1, -0.05) is 13.8 Å². The van der Waals surface area contributed by atoms with Crippen molar-refractivity contribution >= 4 is 5.97 Å². The Kier molecular flexibility index (Phi) is 6.06. The van der Waals surface area contributed by atoms with Crippen LogP contribution in [0.15, 0.2) is 6.20 Å². The summed E-state index contributed by atoms with van der Waals surface area (Å²) in [6.45, 7) is 4.35. The summed E-state index contributed by atoms with van der Waals surface area (Å²) >= 11 is 0. The first-order chi connectivity index (χ1) is 9.31. The molecule has 0 fully saturated rings. The number of carboxylic acids is 1. The van der Waals surface area contributed by atoms with E-state index in [1.54, 1.807) is 7.05 Å². The third-order valence-corrected chi connectivity index (χ3v) is 2.96. The molecule has 114 valence electrons. The maximum atomic E-state index is 12.7. The van der Waals surface area contributed by atoms with E-state index in [0.29, 0.717) is 12.0 Å². The van der Waals surface area contributed by atoms with E-state index in [1.165, 1.54) is 10.9 Å². The molecule has 20 heavy (non-hydrogen) atoms. The fourth-order valence-electron chi connectivity index (χ4n) is 2.10. The van der Waals surface area contributed by atoms with Crippen molar-refractivity contribution in [1.82, 2.24) is 15.1 Å². The summed E-state index contributed by atoms with van der Waals surface area (Å²) in [5, 5.41) is 15.7. The molecule has 2 N–H and O–H groups in total. The van der Waals surface area contributed by atoms with Gasteiger partial charge in [0.1, 0.15) is 5.69 Å². The summed E-state index contributed by atoms with van der Waals surface area (Å²) in [4.78, 5) is 11.1. The predicted octanol–water partition coefficient (Wildman–Crippen LogP) is 2.19. The molecule has 1 heterocycles. The first kappa shape index (κ1) is 16.6. The summed E-state index contributed by atoms with van der Waals surface area (Å²) < 4.78 is 26.8. The minimum Gasteiger partial charge on any atom is -0.481 e. The lowest BCUT2D eigenvalue weighted by molar-refractivity contribution is -0.142. The number of halogens is 2. The largest absolute Gasteiger partial charge is 0.481 e. The monoisotopic (exact) mass is 289 g/mol. The number of aliphatic carboxylic acids is 1. The molecule has 0 bridgehead atoms. The third kappa shape index (κ3) is 4.88. The van der Waals surface area contributed by atoms with Crippen LogP contribution in [0.1, 0.15) is 38.0 Å². The van der Waals surface area contributed by atoms with Gasteiger partial charge in [0, 0.05) is 31.9 Å². The molecule has 1 rings (SSSR count). The number of aromatic nitrogens is 2. The van der Waals surface area contributed by atoms with Gasteiger partial charge in [0.15, 0.2) is 0 Å². The van der Waals surface area contributed by atoms with E-state index < -0.39 is 18.3 Å². The Labute approximate surface area is 117 Å². The van der Waals surface area contributed by atoms with Crippen LogP contribution in [0.5, 0.6) is 0 Å². The van der Waals surface area contributed by atoms with Crippen LogP contribution in [-0.2, 0) is 18.4 Å². The zero-order chi connectivity index (χ0) is 15.3. The van der Waals surface area contributed by atoms with Crippen molar-refractivity contribution in [1.29, 1.82) is 0 Å². The Bertz CT molecular complexity index is 447. The van der Waals surface area contributed by atoms with E-state index in [-0.39, 0.29) is 24.7 Å². The van der Waals surface area contributed by atoms with E-state index in [1.807, 2.05) is 13.8 Å². The molecule has 0 radical (unpaired) electrons. The molecule has 0 aliphatic carbocycles. The second-order valence-electron chi connectivity index (χ2n) is 5.31. The van der Waals surface area contributed by atoms with Gasteiger partial charge >= 0.3 is 5.97 Å². The maximum Gasteiger partial charge on any atom is 0.307 e. The van der Waals surface area contributed by atoms with Crippen molar-refractivity contribution in [2.45, 2.75) is 33.2 Å². The van der Waals surface area contributed by atoms with Gasteiger partial charge in [-0.2, -0.15) is 5.10 Å². The Morgan fingerprint density at radius 1 is 1.50 bits per heavy atom. The minimum absolute atomic E-state index is 0.190. The lowest BCUT2D eigenvalue weighted by Gasteiger charge is -2.15. The number of nitrogens with one attached hydrogen (secondary N) is 1. The molecular weight excluding hydrogens is 268 g/mol. The summed E-state index contributed by atoms with van der Waals surface area (Å²) in [6, 6.07) is 0. The standard InChI is InChI=1S/C13H21F2N3O2/c1-8(2)4-9(13(19)20)5-16-6-10-7-18(3)17-11(10)12(14)15/h7-9,12,16H,4-6H2,1-3H3,(H,19,20). The maximum absolute atomic E-state index is 12.7. The summed E-state index contributed by atoms with van der Waals surface area (Å²) in [7, 11) is 1.58. The first-order valence-corrected chi connectivity index (χ1v) is 6.55. The molecule has 1 atom stereocenters. The van der Waals surface area contributed by atoms with Crippen molar-refractivity contribution in [3.8, 4) is 0 Å². The van der Waals surface area contributed by atoms with Gasteiger partial charge in [-0.3, -0.25) is 9.48 Å². The molecule has 1 unspecified atom stereocenters. The van der Waals surface area contributed by atoms with Crippen LogP contribution in [0.2, 0.25) is 0 Å². The van der Waals surface area contributed by atoms with Crippen LogP contribution in [0.3, 0.4) is 0 Å². The van der Waals surface area contributed by atoms with Crippen LogP contribution in [0, 0.1) is 11.8 Å². The molecule has 1 aromatic heterocycles. The molecule has 0 aromatic carbocycles. The quantitative estimate of drug-likeness (QED) is 0.770. The molecule has 0 amide bonds. The average Bonchev–Trinajstić information content (AvgIpc) is 2.68. The van der Waals surface area contributed by atoms with Gasteiger partial charge in [-0.05, 0) is 12.3 Å². The van der Waals surface area contributed by atoms with E-state index in [4.69, 9.17) is 5.11 Å². The fraction of sp³-hybridized carbons (Fsp3) is 0.692. The Balaban J connectivity index is 2.56. The second-order valence-corrected chi connectivity index (χ2v) is 5.31. The van der Waals surface area contributed by atoms with Crippen molar-refractivity contribution in [2.75, 3.05) is 6.54 Å². The number of aryl methyl sites for hydroxylation is 1. The number of alkyl halides is 2. The molecule has 1 aromatic rings. The summed E-state index contributed by atoms with van der Waals surface area (Å²) in [5.74, 6) is -1.11. The van der Waals surface area contributed by atoms with Crippen molar-refractivity contribution in [3.63, 3.8) is 0 Å². The smallest absolute Gasteiger partial charge is 0.307 e. The number of hydrogen-bond donors (Lipinski definition) is 2. The number of hydrogen-bond acceptors (Lipinski definition) is 3. The SMILES string of the molecule is CC(C)CC(CNCc1cn(C)nc1C(F)F)C(=O)O. The summed E-state index contributed by atoms with van der Waals surface area (Å²) in [5.41, 5.74) is 0.145.